The van der Waals surface area contributed by atoms with E-state index in [2.05, 4.69) is 5.32 Å². The molecular formula is C24H29NO4. The number of benzene rings is 2. The number of amides is 1. The van der Waals surface area contributed by atoms with Crippen LogP contribution in [0.4, 0.5) is 4.79 Å². The molecule has 1 atom stereocenters. The number of aldehydes is 1. The highest BCUT2D eigenvalue weighted by atomic mass is 16.5. The number of ether oxygens (including phenoxy) is 2. The van der Waals surface area contributed by atoms with Gasteiger partial charge >= 0.3 is 6.09 Å². The second-order valence-corrected chi connectivity index (χ2v) is 7.61. The molecule has 0 aliphatic heterocycles. The Kier molecular flexibility index (Phi) is 8.11. The van der Waals surface area contributed by atoms with E-state index >= 15 is 0 Å². The number of hydrogen-bond donors (Lipinski definition) is 1. The molecule has 0 saturated heterocycles. The van der Waals surface area contributed by atoms with Gasteiger partial charge < -0.3 is 19.6 Å². The van der Waals surface area contributed by atoms with E-state index in [0.29, 0.717) is 12.3 Å². The standard InChI is InChI=1S/C24H29NO4/c26-16-22(25-24(27)29-18-21-9-5-2-6-10-21)15-19-11-13-23(14-12-19)28-17-20-7-3-1-4-8-20/h2,5-6,9-14,16,20,22H,1,3-4,7-8,15,17-18H2,(H,25,27)/t22-/m0/s1. The zero-order chi connectivity index (χ0) is 20.3. The highest BCUT2D eigenvalue weighted by Crippen LogP contribution is 2.24. The molecule has 5 nitrogen and oxygen atoms in total. The molecule has 3 rings (SSSR count). The van der Waals surface area contributed by atoms with Crippen molar-refractivity contribution >= 4 is 12.4 Å². The van der Waals surface area contributed by atoms with Crippen LogP contribution in [0.3, 0.4) is 0 Å². The van der Waals surface area contributed by atoms with Crippen LogP contribution >= 0.6 is 0 Å². The van der Waals surface area contributed by atoms with E-state index in [9.17, 15) is 9.59 Å². The van der Waals surface area contributed by atoms with E-state index in [4.69, 9.17) is 9.47 Å². The predicted molar refractivity (Wildman–Crippen MR) is 112 cm³/mol. The molecule has 1 saturated carbocycles. The van der Waals surface area contributed by atoms with Crippen molar-refractivity contribution in [2.45, 2.75) is 51.2 Å². The Hall–Kier alpha value is -2.82. The summed E-state index contributed by atoms with van der Waals surface area (Å²) in [5.41, 5.74) is 1.85. The fraction of sp³-hybridized carbons (Fsp3) is 0.417. The molecule has 0 unspecified atom stereocenters. The van der Waals surface area contributed by atoms with Crippen LogP contribution < -0.4 is 10.1 Å². The van der Waals surface area contributed by atoms with Crippen LogP contribution in [0, 0.1) is 5.92 Å². The van der Waals surface area contributed by atoms with Crippen LogP contribution in [0.2, 0.25) is 0 Å². The van der Waals surface area contributed by atoms with Gasteiger partial charge in [0.2, 0.25) is 0 Å². The van der Waals surface area contributed by atoms with Gasteiger partial charge in [0, 0.05) is 0 Å². The summed E-state index contributed by atoms with van der Waals surface area (Å²) in [5.74, 6) is 1.51. The molecular weight excluding hydrogens is 366 g/mol. The molecule has 1 N–H and O–H groups in total. The number of nitrogens with one attached hydrogen (secondary N) is 1. The maximum atomic E-state index is 12.0. The summed E-state index contributed by atoms with van der Waals surface area (Å²) in [6.45, 7) is 0.941. The summed E-state index contributed by atoms with van der Waals surface area (Å²) < 4.78 is 11.1. The van der Waals surface area contributed by atoms with Gasteiger partial charge in [-0.15, -0.1) is 0 Å². The molecule has 0 spiro atoms. The third kappa shape index (κ3) is 7.26. The second-order valence-electron chi connectivity index (χ2n) is 7.61. The van der Waals surface area contributed by atoms with Crippen LogP contribution in [0.25, 0.3) is 0 Å². The lowest BCUT2D eigenvalue weighted by molar-refractivity contribution is -0.109. The van der Waals surface area contributed by atoms with Gasteiger partial charge in [0.1, 0.15) is 18.6 Å². The van der Waals surface area contributed by atoms with Crippen LogP contribution in [0.1, 0.15) is 43.2 Å². The lowest BCUT2D eigenvalue weighted by atomic mass is 9.90. The minimum Gasteiger partial charge on any atom is -0.493 e. The molecule has 5 heteroatoms. The lowest BCUT2D eigenvalue weighted by Gasteiger charge is -2.21. The van der Waals surface area contributed by atoms with Crippen molar-refractivity contribution in [3.63, 3.8) is 0 Å². The van der Waals surface area contributed by atoms with E-state index in [1.807, 2.05) is 54.6 Å². The molecule has 0 radical (unpaired) electrons. The topological polar surface area (TPSA) is 64.6 Å². The summed E-state index contributed by atoms with van der Waals surface area (Å²) in [7, 11) is 0. The van der Waals surface area contributed by atoms with Gasteiger partial charge in [0.15, 0.2) is 0 Å². The Morgan fingerprint density at radius 1 is 1.00 bits per heavy atom. The Morgan fingerprint density at radius 3 is 2.41 bits per heavy atom. The van der Waals surface area contributed by atoms with Crippen molar-refractivity contribution in [3.05, 3.63) is 65.7 Å². The van der Waals surface area contributed by atoms with Crippen molar-refractivity contribution < 1.29 is 19.1 Å². The molecule has 0 bridgehead atoms. The van der Waals surface area contributed by atoms with Crippen molar-refractivity contribution in [2.24, 2.45) is 5.92 Å². The van der Waals surface area contributed by atoms with Gasteiger partial charge in [0.05, 0.1) is 12.6 Å². The van der Waals surface area contributed by atoms with Gasteiger partial charge in [-0.1, -0.05) is 61.7 Å². The van der Waals surface area contributed by atoms with E-state index < -0.39 is 12.1 Å². The first-order valence-corrected chi connectivity index (χ1v) is 10.4. The first kappa shape index (κ1) is 20.9. The van der Waals surface area contributed by atoms with Crippen LogP contribution in [0.5, 0.6) is 5.75 Å². The Bertz CT molecular complexity index is 754. The SMILES string of the molecule is O=C[C@H](Cc1ccc(OCC2CCCCC2)cc1)NC(=O)OCc1ccccc1. The Morgan fingerprint density at radius 2 is 1.72 bits per heavy atom. The van der Waals surface area contributed by atoms with Crippen molar-refractivity contribution in [1.82, 2.24) is 5.32 Å². The van der Waals surface area contributed by atoms with E-state index in [-0.39, 0.29) is 6.61 Å². The van der Waals surface area contributed by atoms with Gasteiger partial charge in [-0.2, -0.15) is 0 Å². The maximum Gasteiger partial charge on any atom is 0.408 e. The zero-order valence-electron chi connectivity index (χ0n) is 16.7. The summed E-state index contributed by atoms with van der Waals surface area (Å²) in [6.07, 6.45) is 7.01. The quantitative estimate of drug-likeness (QED) is 0.626. The largest absolute Gasteiger partial charge is 0.493 e. The van der Waals surface area contributed by atoms with Crippen LogP contribution in [-0.2, 0) is 22.6 Å². The van der Waals surface area contributed by atoms with Crippen molar-refractivity contribution in [1.29, 1.82) is 0 Å². The van der Waals surface area contributed by atoms with Gasteiger partial charge in [-0.05, 0) is 48.4 Å². The number of carbonyl (C=O) groups is 2. The van der Waals surface area contributed by atoms with Crippen LogP contribution in [0.15, 0.2) is 54.6 Å². The summed E-state index contributed by atoms with van der Waals surface area (Å²) >= 11 is 0. The third-order valence-corrected chi connectivity index (χ3v) is 5.27. The predicted octanol–water partition coefficient (Wildman–Crippen LogP) is 4.68. The number of hydrogen-bond acceptors (Lipinski definition) is 4. The molecule has 0 aromatic heterocycles. The highest BCUT2D eigenvalue weighted by Gasteiger charge is 2.15. The normalized spacial score (nSPS) is 15.3. The first-order valence-electron chi connectivity index (χ1n) is 10.4. The monoisotopic (exact) mass is 395 g/mol. The minimum absolute atomic E-state index is 0.172. The fourth-order valence-corrected chi connectivity index (χ4v) is 3.59. The molecule has 1 amide bonds. The average Bonchev–Trinajstić information content (AvgIpc) is 2.78. The van der Waals surface area contributed by atoms with Crippen LogP contribution in [-0.4, -0.2) is 25.0 Å². The van der Waals surface area contributed by atoms with Crippen molar-refractivity contribution in [3.8, 4) is 5.75 Å². The highest BCUT2D eigenvalue weighted by molar-refractivity contribution is 5.73. The van der Waals surface area contributed by atoms with E-state index in [1.54, 1.807) is 0 Å². The lowest BCUT2D eigenvalue weighted by Crippen LogP contribution is -2.37. The summed E-state index contributed by atoms with van der Waals surface area (Å²) in [5, 5.41) is 2.61. The molecule has 0 heterocycles. The first-order chi connectivity index (χ1) is 14.2. The maximum absolute atomic E-state index is 12.0. The van der Waals surface area contributed by atoms with E-state index in [0.717, 1.165) is 29.8 Å². The molecule has 154 valence electrons. The number of rotatable bonds is 9. The Balaban J connectivity index is 1.42. The summed E-state index contributed by atoms with van der Waals surface area (Å²) in [4.78, 5) is 23.3. The molecule has 2 aromatic rings. The Labute approximate surface area is 172 Å². The molecule has 29 heavy (non-hydrogen) atoms. The van der Waals surface area contributed by atoms with Crippen molar-refractivity contribution in [2.75, 3.05) is 6.61 Å². The smallest absolute Gasteiger partial charge is 0.408 e. The van der Waals surface area contributed by atoms with Gasteiger partial charge in [0.25, 0.3) is 0 Å². The molecule has 1 aliphatic rings. The van der Waals surface area contributed by atoms with E-state index in [1.165, 1.54) is 32.1 Å². The third-order valence-electron chi connectivity index (χ3n) is 5.27. The molecule has 1 aliphatic carbocycles. The number of alkyl carbamates (subject to hydrolysis) is 1. The average molecular weight is 395 g/mol. The van der Waals surface area contributed by atoms with Gasteiger partial charge in [-0.25, -0.2) is 4.79 Å². The molecule has 1 fully saturated rings. The summed E-state index contributed by atoms with van der Waals surface area (Å²) in [6, 6.07) is 16.5. The zero-order valence-corrected chi connectivity index (χ0v) is 16.7. The van der Waals surface area contributed by atoms with Gasteiger partial charge in [-0.3, -0.25) is 0 Å². The number of carbonyl (C=O) groups excluding carboxylic acids is 2. The minimum atomic E-state index is -0.632. The molecule has 2 aromatic carbocycles. The second kappa shape index (κ2) is 11.2. The fourth-order valence-electron chi connectivity index (χ4n) is 3.59.